The van der Waals surface area contributed by atoms with Crippen molar-refractivity contribution in [2.75, 3.05) is 46.5 Å². The normalized spacial score (nSPS) is 18.8. The molecule has 0 unspecified atom stereocenters. The zero-order chi connectivity index (χ0) is 22.0. The average molecular weight is 450 g/mol. The van der Waals surface area contributed by atoms with Crippen LogP contribution in [0.5, 0.6) is 5.75 Å². The van der Waals surface area contributed by atoms with Crippen molar-refractivity contribution in [2.45, 2.75) is 30.6 Å². The molecule has 10 heteroatoms. The molecule has 168 valence electrons. The van der Waals surface area contributed by atoms with E-state index in [9.17, 15) is 13.2 Å². The van der Waals surface area contributed by atoms with Crippen molar-refractivity contribution in [3.05, 3.63) is 41.6 Å². The third-order valence-corrected chi connectivity index (χ3v) is 7.69. The maximum absolute atomic E-state index is 13.0. The van der Waals surface area contributed by atoms with E-state index in [4.69, 9.17) is 13.9 Å². The number of amides is 1. The van der Waals surface area contributed by atoms with E-state index in [2.05, 4.69) is 4.98 Å². The van der Waals surface area contributed by atoms with Gasteiger partial charge in [-0.2, -0.15) is 4.31 Å². The first-order chi connectivity index (χ1) is 14.9. The summed E-state index contributed by atoms with van der Waals surface area (Å²) in [6, 6.07) is 6.49. The van der Waals surface area contributed by atoms with Crippen LogP contribution in [0.25, 0.3) is 0 Å². The number of carbonyl (C=O) groups excluding carboxylic acids is 1. The van der Waals surface area contributed by atoms with Crippen molar-refractivity contribution in [2.24, 2.45) is 0 Å². The summed E-state index contributed by atoms with van der Waals surface area (Å²) in [5, 5.41) is 0. The number of sulfonamides is 1. The number of oxazole rings is 1. The number of ether oxygens (including phenoxy) is 2. The molecule has 1 amide bonds. The van der Waals surface area contributed by atoms with Gasteiger partial charge in [-0.1, -0.05) is 6.07 Å². The number of methoxy groups -OCH3 is 1. The summed E-state index contributed by atoms with van der Waals surface area (Å²) in [5.74, 6) is 1.34. The first-order valence-corrected chi connectivity index (χ1v) is 11.8. The highest BCUT2D eigenvalue weighted by atomic mass is 32.2. The van der Waals surface area contributed by atoms with E-state index in [-0.39, 0.29) is 16.7 Å². The van der Waals surface area contributed by atoms with Gasteiger partial charge in [0.2, 0.25) is 10.0 Å². The van der Waals surface area contributed by atoms with Gasteiger partial charge in [0.05, 0.1) is 25.2 Å². The van der Waals surface area contributed by atoms with Crippen LogP contribution < -0.4 is 4.74 Å². The van der Waals surface area contributed by atoms with Crippen LogP contribution in [0, 0.1) is 6.92 Å². The first kappa shape index (κ1) is 21.8. The fourth-order valence-corrected chi connectivity index (χ4v) is 5.47. The highest BCUT2D eigenvalue weighted by molar-refractivity contribution is 7.89. The summed E-state index contributed by atoms with van der Waals surface area (Å²) < 4.78 is 43.7. The summed E-state index contributed by atoms with van der Waals surface area (Å²) in [7, 11) is -2.09. The molecule has 2 fully saturated rings. The lowest BCUT2D eigenvalue weighted by molar-refractivity contribution is 0.0298. The topological polar surface area (TPSA) is 102 Å². The second-order valence-electron chi connectivity index (χ2n) is 7.72. The standard InChI is InChI=1S/C21H27N3O6S/c1-15-19(21(25)23-10-12-29-13-11-23)22-20(30-15)16-6-8-24(9-7-16)31(26,27)18-5-3-4-17(14-18)28-2/h3-5,14,16H,6-13H2,1-2H3. The molecule has 9 nitrogen and oxygen atoms in total. The van der Waals surface area contributed by atoms with Gasteiger partial charge in [0.15, 0.2) is 11.6 Å². The van der Waals surface area contributed by atoms with E-state index in [1.54, 1.807) is 30.0 Å². The molecule has 31 heavy (non-hydrogen) atoms. The molecule has 3 heterocycles. The Bertz CT molecular complexity index is 1040. The minimum atomic E-state index is -3.60. The fraction of sp³-hybridized carbons (Fsp3) is 0.524. The molecule has 2 aromatic rings. The van der Waals surface area contributed by atoms with Gasteiger partial charge in [-0.3, -0.25) is 4.79 Å². The van der Waals surface area contributed by atoms with E-state index >= 15 is 0 Å². The van der Waals surface area contributed by atoms with E-state index in [1.807, 2.05) is 0 Å². The minimum Gasteiger partial charge on any atom is -0.497 e. The maximum Gasteiger partial charge on any atom is 0.276 e. The van der Waals surface area contributed by atoms with Gasteiger partial charge >= 0.3 is 0 Å². The van der Waals surface area contributed by atoms with Crippen LogP contribution in [0.1, 0.15) is 40.9 Å². The molecule has 2 aliphatic heterocycles. The first-order valence-electron chi connectivity index (χ1n) is 10.4. The third kappa shape index (κ3) is 4.46. The zero-order valence-electron chi connectivity index (χ0n) is 17.7. The van der Waals surface area contributed by atoms with Crippen LogP contribution in [0.4, 0.5) is 0 Å². The van der Waals surface area contributed by atoms with E-state index in [0.29, 0.717) is 75.3 Å². The molecule has 4 rings (SSSR count). The smallest absolute Gasteiger partial charge is 0.276 e. The lowest BCUT2D eigenvalue weighted by Crippen LogP contribution is -2.41. The third-order valence-electron chi connectivity index (χ3n) is 5.80. The molecule has 0 spiro atoms. The number of carbonyl (C=O) groups is 1. The molecule has 0 aliphatic carbocycles. The SMILES string of the molecule is COc1cccc(S(=O)(=O)N2CCC(c3nc(C(=O)N4CCOCC4)c(C)o3)CC2)c1. The Morgan fingerprint density at radius 2 is 1.87 bits per heavy atom. The minimum absolute atomic E-state index is 0.0262. The predicted octanol–water partition coefficient (Wildman–Crippen LogP) is 2.03. The fourth-order valence-electron chi connectivity index (χ4n) is 3.96. The molecule has 2 aliphatic rings. The average Bonchev–Trinajstić information content (AvgIpc) is 3.20. The quantitative estimate of drug-likeness (QED) is 0.688. The molecule has 2 saturated heterocycles. The van der Waals surface area contributed by atoms with Crippen molar-refractivity contribution in [1.82, 2.24) is 14.2 Å². The van der Waals surface area contributed by atoms with Crippen molar-refractivity contribution in [3.8, 4) is 5.75 Å². The van der Waals surface area contributed by atoms with Gasteiger partial charge in [-0.25, -0.2) is 13.4 Å². The molecular weight excluding hydrogens is 422 g/mol. The van der Waals surface area contributed by atoms with Crippen LogP contribution in [0.15, 0.2) is 33.6 Å². The lowest BCUT2D eigenvalue weighted by atomic mass is 9.98. The zero-order valence-corrected chi connectivity index (χ0v) is 18.6. The highest BCUT2D eigenvalue weighted by Crippen LogP contribution is 2.32. The Labute approximate surface area is 182 Å². The van der Waals surface area contributed by atoms with Crippen LogP contribution >= 0.6 is 0 Å². The predicted molar refractivity (Wildman–Crippen MR) is 112 cm³/mol. The maximum atomic E-state index is 13.0. The van der Waals surface area contributed by atoms with Gasteiger partial charge in [-0.15, -0.1) is 0 Å². The molecule has 1 aromatic carbocycles. The summed E-state index contributed by atoms with van der Waals surface area (Å²) in [4.78, 5) is 19.2. The molecule has 0 N–H and O–H groups in total. The van der Waals surface area contributed by atoms with Crippen LogP contribution in [0.2, 0.25) is 0 Å². The van der Waals surface area contributed by atoms with Crippen molar-refractivity contribution in [3.63, 3.8) is 0 Å². The number of rotatable bonds is 5. The lowest BCUT2D eigenvalue weighted by Gasteiger charge is -2.29. The van der Waals surface area contributed by atoms with Crippen LogP contribution in [0.3, 0.4) is 0 Å². The number of morpholine rings is 1. The summed E-state index contributed by atoms with van der Waals surface area (Å²) in [6.45, 7) is 4.59. The summed E-state index contributed by atoms with van der Waals surface area (Å²) in [5.41, 5.74) is 0.336. The number of aryl methyl sites for hydroxylation is 1. The monoisotopic (exact) mass is 449 g/mol. The van der Waals surface area contributed by atoms with E-state index in [0.717, 1.165) is 0 Å². The molecule has 0 saturated carbocycles. The largest absolute Gasteiger partial charge is 0.497 e. The van der Waals surface area contributed by atoms with Gasteiger partial charge < -0.3 is 18.8 Å². The Hall–Kier alpha value is -2.43. The second-order valence-corrected chi connectivity index (χ2v) is 9.66. The van der Waals surface area contributed by atoms with Crippen LogP contribution in [-0.4, -0.2) is 75.0 Å². The highest BCUT2D eigenvalue weighted by Gasteiger charge is 2.33. The van der Waals surface area contributed by atoms with Gasteiger partial charge in [0.25, 0.3) is 5.91 Å². The molecular formula is C21H27N3O6S. The van der Waals surface area contributed by atoms with Gasteiger partial charge in [-0.05, 0) is 31.9 Å². The Balaban J connectivity index is 1.43. The molecule has 0 atom stereocenters. The Morgan fingerprint density at radius 1 is 1.16 bits per heavy atom. The second kappa shape index (κ2) is 8.97. The Morgan fingerprint density at radius 3 is 2.55 bits per heavy atom. The Kier molecular flexibility index (Phi) is 6.31. The summed E-state index contributed by atoms with van der Waals surface area (Å²) >= 11 is 0. The number of nitrogens with zero attached hydrogens (tertiary/aromatic N) is 3. The van der Waals surface area contributed by atoms with Gasteiger partial charge in [0.1, 0.15) is 11.5 Å². The van der Waals surface area contributed by atoms with Crippen molar-refractivity contribution >= 4 is 15.9 Å². The van der Waals surface area contributed by atoms with E-state index in [1.165, 1.54) is 17.5 Å². The summed E-state index contributed by atoms with van der Waals surface area (Å²) in [6.07, 6.45) is 1.16. The molecule has 0 bridgehead atoms. The van der Waals surface area contributed by atoms with Crippen molar-refractivity contribution in [1.29, 1.82) is 0 Å². The molecule has 1 aromatic heterocycles. The number of hydrogen-bond donors (Lipinski definition) is 0. The number of hydrogen-bond acceptors (Lipinski definition) is 7. The number of piperidine rings is 1. The van der Waals surface area contributed by atoms with Gasteiger partial charge in [0, 0.05) is 38.2 Å². The number of aromatic nitrogens is 1. The van der Waals surface area contributed by atoms with Crippen molar-refractivity contribution < 1.29 is 27.1 Å². The van der Waals surface area contributed by atoms with Crippen LogP contribution in [-0.2, 0) is 14.8 Å². The van der Waals surface area contributed by atoms with E-state index < -0.39 is 10.0 Å². The number of benzene rings is 1. The molecule has 0 radical (unpaired) electrons.